The van der Waals surface area contributed by atoms with Gasteiger partial charge >= 0.3 is 6.09 Å². The Labute approximate surface area is 174 Å². The number of fused-ring (bicyclic) bond motifs is 1. The third kappa shape index (κ3) is 4.15. The maximum Gasteiger partial charge on any atom is 0.409 e. The van der Waals surface area contributed by atoms with Crippen LogP contribution in [0.2, 0.25) is 0 Å². The maximum atomic E-state index is 13.4. The lowest BCUT2D eigenvalue weighted by Gasteiger charge is -2.32. The second-order valence-corrected chi connectivity index (χ2v) is 7.43. The van der Waals surface area contributed by atoms with Crippen LogP contribution in [0.3, 0.4) is 0 Å². The summed E-state index contributed by atoms with van der Waals surface area (Å²) in [6, 6.07) is 11.9. The van der Waals surface area contributed by atoms with Crippen LogP contribution in [0.4, 0.5) is 9.18 Å². The zero-order valence-electron chi connectivity index (χ0n) is 16.8. The molecule has 0 bridgehead atoms. The number of benzene rings is 2. The first-order chi connectivity index (χ1) is 14.5. The van der Waals surface area contributed by atoms with Crippen LogP contribution in [-0.4, -0.2) is 47.6 Å². The van der Waals surface area contributed by atoms with E-state index in [1.807, 2.05) is 18.3 Å². The van der Waals surface area contributed by atoms with E-state index in [4.69, 9.17) is 4.74 Å². The monoisotopic (exact) mass is 409 g/mol. The fourth-order valence-corrected chi connectivity index (χ4v) is 3.88. The Kier molecular flexibility index (Phi) is 5.70. The molecule has 0 saturated carbocycles. The molecule has 1 fully saturated rings. The van der Waals surface area contributed by atoms with E-state index in [2.05, 4.69) is 10.3 Å². The van der Waals surface area contributed by atoms with Gasteiger partial charge in [-0.05, 0) is 55.7 Å². The lowest BCUT2D eigenvalue weighted by molar-refractivity contribution is 0.0821. The molecular weight excluding hydrogens is 385 g/mol. The number of carbonyl (C=O) groups excluding carboxylic acids is 2. The van der Waals surface area contributed by atoms with Gasteiger partial charge in [-0.3, -0.25) is 4.79 Å². The number of aromatic nitrogens is 1. The summed E-state index contributed by atoms with van der Waals surface area (Å²) in [7, 11) is 0. The minimum Gasteiger partial charge on any atom is -0.450 e. The number of hydrogen-bond acceptors (Lipinski definition) is 3. The summed E-state index contributed by atoms with van der Waals surface area (Å²) >= 11 is 0. The number of aromatic amines is 1. The molecule has 7 heteroatoms. The van der Waals surface area contributed by atoms with Crippen molar-refractivity contribution in [2.24, 2.45) is 0 Å². The van der Waals surface area contributed by atoms with Crippen molar-refractivity contribution in [1.29, 1.82) is 0 Å². The maximum absolute atomic E-state index is 13.4. The van der Waals surface area contributed by atoms with Crippen LogP contribution >= 0.6 is 0 Å². The van der Waals surface area contributed by atoms with Gasteiger partial charge in [0.2, 0.25) is 0 Å². The van der Waals surface area contributed by atoms with Crippen LogP contribution in [0.15, 0.2) is 48.7 Å². The highest BCUT2D eigenvalue weighted by atomic mass is 19.1. The highest BCUT2D eigenvalue weighted by Crippen LogP contribution is 2.29. The summed E-state index contributed by atoms with van der Waals surface area (Å²) in [6.07, 6.45) is 3.15. The number of hydrogen-bond donors (Lipinski definition) is 2. The van der Waals surface area contributed by atoms with Gasteiger partial charge in [0.25, 0.3) is 5.91 Å². The summed E-state index contributed by atoms with van der Waals surface area (Å²) < 4.78 is 18.5. The van der Waals surface area contributed by atoms with E-state index in [1.54, 1.807) is 30.0 Å². The molecule has 6 nitrogen and oxygen atoms in total. The Morgan fingerprint density at radius 3 is 2.80 bits per heavy atom. The second kappa shape index (κ2) is 8.57. The standard InChI is InChI=1S/C23H24FN3O3/c1-2-30-23(29)27-11-3-4-18(14-27)26-22(28)16-7-5-15(6-8-16)20-13-25-21-12-17(24)9-10-19(20)21/h5-10,12-13,18,25H,2-4,11,14H2,1H3,(H,26,28). The minimum absolute atomic E-state index is 0.0983. The number of nitrogens with zero attached hydrogens (tertiary/aromatic N) is 1. The number of ether oxygens (including phenoxy) is 1. The first kappa shape index (κ1) is 19.9. The van der Waals surface area contributed by atoms with Crippen LogP contribution in [0.25, 0.3) is 22.0 Å². The Hall–Kier alpha value is -3.35. The summed E-state index contributed by atoms with van der Waals surface area (Å²) in [5, 5.41) is 3.94. The van der Waals surface area contributed by atoms with E-state index in [9.17, 15) is 14.0 Å². The molecule has 156 valence electrons. The summed E-state index contributed by atoms with van der Waals surface area (Å²) in [4.78, 5) is 29.3. The third-order valence-electron chi connectivity index (χ3n) is 5.38. The van der Waals surface area contributed by atoms with Gasteiger partial charge in [0, 0.05) is 47.4 Å². The number of piperidine rings is 1. The molecule has 0 spiro atoms. The van der Waals surface area contributed by atoms with E-state index < -0.39 is 0 Å². The van der Waals surface area contributed by atoms with Gasteiger partial charge in [-0.25, -0.2) is 9.18 Å². The molecule has 2 aromatic carbocycles. The summed E-state index contributed by atoms with van der Waals surface area (Å²) in [5.74, 6) is -0.453. The van der Waals surface area contributed by atoms with E-state index >= 15 is 0 Å². The average Bonchev–Trinajstić information content (AvgIpc) is 3.17. The summed E-state index contributed by atoms with van der Waals surface area (Å²) in [5.41, 5.74) is 3.18. The number of nitrogens with one attached hydrogen (secondary N) is 2. The van der Waals surface area contributed by atoms with E-state index in [0.29, 0.717) is 25.3 Å². The number of H-pyrrole nitrogens is 1. The summed E-state index contributed by atoms with van der Waals surface area (Å²) in [6.45, 7) is 3.21. The quantitative estimate of drug-likeness (QED) is 0.674. The Morgan fingerprint density at radius 1 is 1.23 bits per heavy atom. The van der Waals surface area contributed by atoms with Crippen LogP contribution in [0.1, 0.15) is 30.1 Å². The lowest BCUT2D eigenvalue weighted by Crippen LogP contribution is -2.49. The molecule has 2 N–H and O–H groups in total. The van der Waals surface area contributed by atoms with Crippen LogP contribution in [0, 0.1) is 5.82 Å². The van der Waals surface area contributed by atoms with Gasteiger partial charge in [-0.15, -0.1) is 0 Å². The number of likely N-dealkylation sites (tertiary alicyclic amines) is 1. The molecule has 1 atom stereocenters. The van der Waals surface area contributed by atoms with Gasteiger partial charge in [0.05, 0.1) is 6.61 Å². The van der Waals surface area contributed by atoms with Crippen molar-refractivity contribution in [2.45, 2.75) is 25.8 Å². The van der Waals surface area contributed by atoms with Gasteiger partial charge in [0.15, 0.2) is 0 Å². The Balaban J connectivity index is 1.43. The number of halogens is 1. The number of amides is 2. The minimum atomic E-state index is -0.334. The normalized spacial score (nSPS) is 16.5. The molecule has 1 saturated heterocycles. The first-order valence-corrected chi connectivity index (χ1v) is 10.1. The second-order valence-electron chi connectivity index (χ2n) is 7.43. The zero-order valence-corrected chi connectivity index (χ0v) is 16.8. The topological polar surface area (TPSA) is 74.4 Å². The van der Waals surface area contributed by atoms with Crippen molar-refractivity contribution in [3.8, 4) is 11.1 Å². The largest absolute Gasteiger partial charge is 0.450 e. The van der Waals surface area contributed by atoms with Crippen molar-refractivity contribution in [2.75, 3.05) is 19.7 Å². The molecular formula is C23H24FN3O3. The fourth-order valence-electron chi connectivity index (χ4n) is 3.88. The molecule has 4 rings (SSSR count). The van der Waals surface area contributed by atoms with E-state index in [1.165, 1.54) is 12.1 Å². The Bertz CT molecular complexity index is 1060. The first-order valence-electron chi connectivity index (χ1n) is 10.1. The lowest BCUT2D eigenvalue weighted by atomic mass is 10.0. The molecule has 1 aliphatic heterocycles. The van der Waals surface area contributed by atoms with Crippen molar-refractivity contribution < 1.29 is 18.7 Å². The molecule has 0 aliphatic carbocycles. The SMILES string of the molecule is CCOC(=O)N1CCCC(NC(=O)c2ccc(-c3c[nH]c4cc(F)ccc34)cc2)C1. The molecule has 0 radical (unpaired) electrons. The number of rotatable bonds is 4. The van der Waals surface area contributed by atoms with E-state index in [0.717, 1.165) is 34.9 Å². The van der Waals surface area contributed by atoms with Gasteiger partial charge < -0.3 is 19.9 Å². The van der Waals surface area contributed by atoms with Crippen LogP contribution in [0.5, 0.6) is 0 Å². The van der Waals surface area contributed by atoms with Gasteiger partial charge in [-0.1, -0.05) is 12.1 Å². The van der Waals surface area contributed by atoms with Crippen molar-refractivity contribution in [3.63, 3.8) is 0 Å². The molecule has 1 unspecified atom stereocenters. The number of carbonyl (C=O) groups is 2. The highest BCUT2D eigenvalue weighted by Gasteiger charge is 2.25. The molecule has 3 aromatic rings. The Morgan fingerprint density at radius 2 is 2.03 bits per heavy atom. The smallest absolute Gasteiger partial charge is 0.409 e. The van der Waals surface area contributed by atoms with Crippen LogP contribution in [-0.2, 0) is 4.74 Å². The molecule has 30 heavy (non-hydrogen) atoms. The van der Waals surface area contributed by atoms with Crippen molar-refractivity contribution >= 4 is 22.9 Å². The molecule has 1 aromatic heterocycles. The van der Waals surface area contributed by atoms with Crippen LogP contribution < -0.4 is 5.32 Å². The third-order valence-corrected chi connectivity index (χ3v) is 5.38. The van der Waals surface area contributed by atoms with Crippen molar-refractivity contribution in [1.82, 2.24) is 15.2 Å². The molecule has 2 amide bonds. The predicted octanol–water partition coefficient (Wildman–Crippen LogP) is 4.32. The molecule has 2 heterocycles. The van der Waals surface area contributed by atoms with Crippen molar-refractivity contribution in [3.05, 3.63) is 60.0 Å². The van der Waals surface area contributed by atoms with E-state index in [-0.39, 0.29) is 23.9 Å². The predicted molar refractivity (Wildman–Crippen MR) is 113 cm³/mol. The molecule has 1 aliphatic rings. The highest BCUT2D eigenvalue weighted by molar-refractivity contribution is 5.98. The van der Waals surface area contributed by atoms with Gasteiger partial charge in [-0.2, -0.15) is 0 Å². The fraction of sp³-hybridized carbons (Fsp3) is 0.304. The van der Waals surface area contributed by atoms with Gasteiger partial charge in [0.1, 0.15) is 5.82 Å². The zero-order chi connectivity index (χ0) is 21.1. The average molecular weight is 409 g/mol.